The Balaban J connectivity index is 2.40. The molecule has 1 fully saturated rings. The molecule has 64 valence electrons. The van der Waals surface area contributed by atoms with E-state index in [0.29, 0.717) is 0 Å². The van der Waals surface area contributed by atoms with Crippen LogP contribution in [0, 0.1) is 6.92 Å². The van der Waals surface area contributed by atoms with Crippen LogP contribution >= 0.6 is 0 Å². The van der Waals surface area contributed by atoms with Crippen LogP contribution in [0.5, 0.6) is 0 Å². The summed E-state index contributed by atoms with van der Waals surface area (Å²) in [6.45, 7) is 2.04. The fraction of sp³-hybridized carbons (Fsp3) is 0.556. The van der Waals surface area contributed by atoms with E-state index in [-0.39, 0.29) is 5.54 Å². The molecule has 0 unspecified atom stereocenters. The second-order valence-corrected chi connectivity index (χ2v) is 3.35. The molecular formula is C9H13N3. The maximum Gasteiger partial charge on any atom is 0.115 e. The smallest absolute Gasteiger partial charge is 0.115 e. The number of rotatable bonds is 2. The maximum atomic E-state index is 4.18. The number of hydrogen-bond acceptors (Lipinski definition) is 3. The van der Waals surface area contributed by atoms with Gasteiger partial charge in [0.1, 0.15) is 6.33 Å². The van der Waals surface area contributed by atoms with Crippen molar-refractivity contribution in [1.82, 2.24) is 15.3 Å². The van der Waals surface area contributed by atoms with E-state index < -0.39 is 0 Å². The summed E-state index contributed by atoms with van der Waals surface area (Å²) in [7, 11) is 2.00. The molecule has 1 heterocycles. The Hall–Kier alpha value is -0.960. The van der Waals surface area contributed by atoms with Crippen LogP contribution in [0.3, 0.4) is 0 Å². The van der Waals surface area contributed by atoms with Gasteiger partial charge in [-0.05, 0) is 26.8 Å². The largest absolute Gasteiger partial charge is 0.310 e. The van der Waals surface area contributed by atoms with Gasteiger partial charge in [-0.1, -0.05) is 0 Å². The minimum atomic E-state index is 0.200. The van der Waals surface area contributed by atoms with Gasteiger partial charge in [-0.2, -0.15) is 0 Å². The van der Waals surface area contributed by atoms with Crippen LogP contribution in [0.1, 0.15) is 24.1 Å². The zero-order chi connectivity index (χ0) is 8.60. The van der Waals surface area contributed by atoms with Gasteiger partial charge in [-0.15, -0.1) is 0 Å². The normalized spacial score (nSPS) is 19.2. The summed E-state index contributed by atoms with van der Waals surface area (Å²) in [6.07, 6.45) is 5.94. The Morgan fingerprint density at radius 2 is 2.25 bits per heavy atom. The topological polar surface area (TPSA) is 37.8 Å². The van der Waals surface area contributed by atoms with Crippen LogP contribution in [-0.4, -0.2) is 17.0 Å². The third-order valence-corrected chi connectivity index (χ3v) is 2.66. The lowest BCUT2D eigenvalue weighted by atomic mass is 10.1. The Labute approximate surface area is 72.2 Å². The standard InChI is InChI=1S/C9H13N3/c1-7-8(5-11-6-12-7)9(10-2)3-4-9/h5-6,10H,3-4H2,1-2H3. The van der Waals surface area contributed by atoms with Gasteiger partial charge >= 0.3 is 0 Å². The molecule has 1 aromatic rings. The van der Waals surface area contributed by atoms with Crippen molar-refractivity contribution in [3.05, 3.63) is 23.8 Å². The second-order valence-electron chi connectivity index (χ2n) is 3.35. The first kappa shape index (κ1) is 7.68. The molecule has 1 aliphatic rings. The van der Waals surface area contributed by atoms with Gasteiger partial charge in [-0.3, -0.25) is 0 Å². The highest BCUT2D eigenvalue weighted by Gasteiger charge is 2.44. The summed E-state index contributed by atoms with van der Waals surface area (Å²) in [6, 6.07) is 0. The lowest BCUT2D eigenvalue weighted by Crippen LogP contribution is -2.25. The molecule has 0 amide bonds. The van der Waals surface area contributed by atoms with Gasteiger partial charge < -0.3 is 5.32 Å². The number of hydrogen-bond donors (Lipinski definition) is 1. The molecule has 0 atom stereocenters. The first-order valence-corrected chi connectivity index (χ1v) is 4.24. The highest BCUT2D eigenvalue weighted by atomic mass is 15.0. The van der Waals surface area contributed by atoms with E-state index in [1.807, 2.05) is 20.2 Å². The molecular weight excluding hydrogens is 150 g/mol. The van der Waals surface area contributed by atoms with Crippen molar-refractivity contribution in [2.24, 2.45) is 0 Å². The predicted molar refractivity (Wildman–Crippen MR) is 46.7 cm³/mol. The third-order valence-electron chi connectivity index (χ3n) is 2.66. The van der Waals surface area contributed by atoms with E-state index in [2.05, 4.69) is 15.3 Å². The Kier molecular flexibility index (Phi) is 1.61. The number of nitrogens with zero attached hydrogens (tertiary/aromatic N) is 2. The zero-order valence-corrected chi connectivity index (χ0v) is 7.46. The Bertz CT molecular complexity index is 292. The average molecular weight is 163 g/mol. The van der Waals surface area contributed by atoms with E-state index in [9.17, 15) is 0 Å². The molecule has 0 spiro atoms. The first-order chi connectivity index (χ1) is 5.78. The van der Waals surface area contributed by atoms with Gasteiger partial charge in [0.2, 0.25) is 0 Å². The van der Waals surface area contributed by atoms with Crippen LogP contribution in [0.2, 0.25) is 0 Å². The lowest BCUT2D eigenvalue weighted by molar-refractivity contribution is 0.575. The summed E-state index contributed by atoms with van der Waals surface area (Å²) in [5.74, 6) is 0. The van der Waals surface area contributed by atoms with Gasteiger partial charge in [0.15, 0.2) is 0 Å². The molecule has 1 saturated carbocycles. The number of aryl methyl sites for hydroxylation is 1. The number of nitrogens with one attached hydrogen (secondary N) is 1. The molecule has 2 rings (SSSR count). The monoisotopic (exact) mass is 163 g/mol. The summed E-state index contributed by atoms with van der Waals surface area (Å²) < 4.78 is 0. The average Bonchev–Trinajstić information content (AvgIpc) is 2.86. The third kappa shape index (κ3) is 1.01. The van der Waals surface area contributed by atoms with Crippen molar-refractivity contribution < 1.29 is 0 Å². The van der Waals surface area contributed by atoms with Crippen LogP contribution < -0.4 is 5.32 Å². The molecule has 0 bridgehead atoms. The second kappa shape index (κ2) is 2.52. The van der Waals surface area contributed by atoms with Gasteiger partial charge in [0.25, 0.3) is 0 Å². The highest BCUT2D eigenvalue weighted by Crippen LogP contribution is 2.45. The van der Waals surface area contributed by atoms with E-state index in [4.69, 9.17) is 0 Å². The molecule has 3 nitrogen and oxygen atoms in total. The fourth-order valence-electron chi connectivity index (χ4n) is 1.64. The molecule has 1 aliphatic carbocycles. The van der Waals surface area contributed by atoms with Crippen molar-refractivity contribution in [3.8, 4) is 0 Å². The summed E-state index contributed by atoms with van der Waals surface area (Å²) in [5, 5.41) is 3.33. The zero-order valence-electron chi connectivity index (χ0n) is 7.46. The summed E-state index contributed by atoms with van der Waals surface area (Å²) >= 11 is 0. The van der Waals surface area contributed by atoms with Gasteiger partial charge in [0.05, 0.1) is 0 Å². The molecule has 1 N–H and O–H groups in total. The van der Waals surface area contributed by atoms with E-state index in [1.165, 1.54) is 18.4 Å². The molecule has 0 saturated heterocycles. The summed E-state index contributed by atoms with van der Waals surface area (Å²) in [4.78, 5) is 8.23. The quantitative estimate of drug-likeness (QED) is 0.706. The van der Waals surface area contributed by atoms with E-state index >= 15 is 0 Å². The van der Waals surface area contributed by atoms with Gasteiger partial charge in [-0.25, -0.2) is 9.97 Å². The molecule has 0 aliphatic heterocycles. The number of aromatic nitrogens is 2. The molecule has 0 aromatic carbocycles. The van der Waals surface area contributed by atoms with Crippen molar-refractivity contribution >= 4 is 0 Å². The van der Waals surface area contributed by atoms with Crippen LogP contribution in [0.4, 0.5) is 0 Å². The fourth-order valence-corrected chi connectivity index (χ4v) is 1.64. The molecule has 12 heavy (non-hydrogen) atoms. The highest BCUT2D eigenvalue weighted by molar-refractivity contribution is 5.30. The Morgan fingerprint density at radius 3 is 2.75 bits per heavy atom. The van der Waals surface area contributed by atoms with E-state index in [0.717, 1.165) is 5.69 Å². The van der Waals surface area contributed by atoms with E-state index in [1.54, 1.807) is 6.33 Å². The van der Waals surface area contributed by atoms with Crippen molar-refractivity contribution in [2.45, 2.75) is 25.3 Å². The predicted octanol–water partition coefficient (Wildman–Crippen LogP) is 0.994. The molecule has 0 radical (unpaired) electrons. The SMILES string of the molecule is CNC1(c2cncnc2C)CC1. The lowest BCUT2D eigenvalue weighted by Gasteiger charge is -2.15. The minimum absolute atomic E-state index is 0.200. The van der Waals surface area contributed by atoms with Gasteiger partial charge in [0, 0.05) is 23.0 Å². The molecule has 1 aromatic heterocycles. The Morgan fingerprint density at radius 1 is 1.50 bits per heavy atom. The van der Waals surface area contributed by atoms with Crippen LogP contribution in [0.15, 0.2) is 12.5 Å². The molecule has 3 heteroatoms. The first-order valence-electron chi connectivity index (χ1n) is 4.24. The maximum absolute atomic E-state index is 4.18. The van der Waals surface area contributed by atoms with Crippen molar-refractivity contribution in [1.29, 1.82) is 0 Å². The van der Waals surface area contributed by atoms with Crippen molar-refractivity contribution in [3.63, 3.8) is 0 Å². The summed E-state index contributed by atoms with van der Waals surface area (Å²) in [5.41, 5.74) is 2.55. The van der Waals surface area contributed by atoms with Crippen LogP contribution in [0.25, 0.3) is 0 Å². The minimum Gasteiger partial charge on any atom is -0.310 e. The van der Waals surface area contributed by atoms with Crippen molar-refractivity contribution in [2.75, 3.05) is 7.05 Å². The van der Waals surface area contributed by atoms with Crippen LogP contribution in [-0.2, 0) is 5.54 Å².